The molecule has 0 bridgehead atoms. The predicted molar refractivity (Wildman–Crippen MR) is 76.6 cm³/mol. The number of nitrogens with zero attached hydrogens (tertiary/aromatic N) is 2. The zero-order chi connectivity index (χ0) is 13.6. The van der Waals surface area contributed by atoms with Gasteiger partial charge in [0.15, 0.2) is 0 Å². The van der Waals surface area contributed by atoms with E-state index in [-0.39, 0.29) is 5.56 Å². The lowest BCUT2D eigenvalue weighted by Gasteiger charge is -2.10. The summed E-state index contributed by atoms with van der Waals surface area (Å²) >= 11 is 6.14. The van der Waals surface area contributed by atoms with Crippen molar-refractivity contribution < 1.29 is 0 Å². The van der Waals surface area contributed by atoms with E-state index in [2.05, 4.69) is 0 Å². The van der Waals surface area contributed by atoms with Crippen molar-refractivity contribution in [2.24, 2.45) is 7.05 Å². The van der Waals surface area contributed by atoms with Crippen molar-refractivity contribution in [2.75, 3.05) is 5.73 Å². The van der Waals surface area contributed by atoms with Crippen LogP contribution >= 0.6 is 11.6 Å². The maximum absolute atomic E-state index is 12.2. The maximum atomic E-state index is 12.2. The number of halogens is 1. The van der Waals surface area contributed by atoms with Gasteiger partial charge in [-0.15, -0.1) is 0 Å². The molecule has 0 atom stereocenters. The maximum Gasteiger partial charge on any atom is 0.290 e. The number of anilines is 1. The second-order valence-corrected chi connectivity index (χ2v) is 5.46. The van der Waals surface area contributed by atoms with Gasteiger partial charge in [0.1, 0.15) is 5.69 Å². The first-order valence-corrected chi connectivity index (χ1v) is 6.76. The van der Waals surface area contributed by atoms with Crippen LogP contribution in [0.2, 0.25) is 5.02 Å². The van der Waals surface area contributed by atoms with Crippen molar-refractivity contribution in [1.82, 2.24) is 9.36 Å². The molecular formula is C14H16ClN3O. The third-order valence-electron chi connectivity index (χ3n) is 3.69. The molecule has 1 aliphatic carbocycles. The van der Waals surface area contributed by atoms with Gasteiger partial charge in [0.25, 0.3) is 5.56 Å². The fourth-order valence-electron chi connectivity index (χ4n) is 2.50. The number of hydrogen-bond acceptors (Lipinski definition) is 2. The van der Waals surface area contributed by atoms with Gasteiger partial charge in [0.05, 0.1) is 12.2 Å². The monoisotopic (exact) mass is 277 g/mol. The van der Waals surface area contributed by atoms with Crippen LogP contribution in [0.1, 0.15) is 30.0 Å². The molecule has 3 rings (SSSR count). The Bertz CT molecular complexity index is 682. The summed E-state index contributed by atoms with van der Waals surface area (Å²) in [6.45, 7) is 0.450. The van der Waals surface area contributed by atoms with Crippen LogP contribution in [-0.2, 0) is 13.6 Å². The second kappa shape index (κ2) is 4.46. The standard InChI is InChI=1S/C14H16ClN3O/c1-17-13(9-6-7-9)12(16)14(19)18(17)8-10-4-2-3-5-11(10)15/h2-5,9H,6-8,16H2,1H3. The third kappa shape index (κ3) is 2.06. The van der Waals surface area contributed by atoms with Crippen LogP contribution in [0, 0.1) is 0 Å². The smallest absolute Gasteiger partial charge is 0.290 e. The second-order valence-electron chi connectivity index (χ2n) is 5.05. The summed E-state index contributed by atoms with van der Waals surface area (Å²) in [6, 6.07) is 7.55. The number of rotatable bonds is 3. The summed E-state index contributed by atoms with van der Waals surface area (Å²) in [7, 11) is 1.89. The Hall–Kier alpha value is -1.68. The molecule has 0 saturated heterocycles. The highest BCUT2D eigenvalue weighted by Gasteiger charge is 2.31. The zero-order valence-electron chi connectivity index (χ0n) is 10.8. The number of nitrogens with two attached hydrogens (primary N) is 1. The van der Waals surface area contributed by atoms with E-state index in [4.69, 9.17) is 17.3 Å². The Morgan fingerprint density at radius 1 is 1.37 bits per heavy atom. The van der Waals surface area contributed by atoms with Crippen LogP contribution in [0.15, 0.2) is 29.1 Å². The minimum absolute atomic E-state index is 0.121. The average Bonchev–Trinajstić information content (AvgIpc) is 3.18. The Morgan fingerprint density at radius 3 is 2.68 bits per heavy atom. The molecule has 1 saturated carbocycles. The van der Waals surface area contributed by atoms with Crippen LogP contribution in [0.25, 0.3) is 0 Å². The summed E-state index contributed by atoms with van der Waals surface area (Å²) in [4.78, 5) is 12.2. The minimum Gasteiger partial charge on any atom is -0.393 e. The van der Waals surface area contributed by atoms with Gasteiger partial charge in [-0.2, -0.15) is 0 Å². The van der Waals surface area contributed by atoms with E-state index in [1.807, 2.05) is 36.0 Å². The largest absolute Gasteiger partial charge is 0.393 e. The van der Waals surface area contributed by atoms with Crippen molar-refractivity contribution in [2.45, 2.75) is 25.3 Å². The lowest BCUT2D eigenvalue weighted by Crippen LogP contribution is -2.23. The Morgan fingerprint density at radius 2 is 2.05 bits per heavy atom. The lowest BCUT2D eigenvalue weighted by molar-refractivity contribution is 0.518. The molecular weight excluding hydrogens is 262 g/mol. The molecule has 5 heteroatoms. The predicted octanol–water partition coefficient (Wildman–Crippen LogP) is 2.35. The molecule has 0 aliphatic heterocycles. The van der Waals surface area contributed by atoms with Crippen LogP contribution < -0.4 is 11.3 Å². The molecule has 1 aliphatic rings. The molecule has 0 amide bonds. The van der Waals surface area contributed by atoms with E-state index < -0.39 is 0 Å². The summed E-state index contributed by atoms with van der Waals surface area (Å²) in [5, 5.41) is 0.669. The van der Waals surface area contributed by atoms with Crippen molar-refractivity contribution in [1.29, 1.82) is 0 Å². The highest BCUT2D eigenvalue weighted by atomic mass is 35.5. The molecule has 1 fully saturated rings. The normalized spacial score (nSPS) is 14.8. The molecule has 1 aromatic heterocycles. The van der Waals surface area contributed by atoms with Gasteiger partial charge >= 0.3 is 0 Å². The first kappa shape index (κ1) is 12.4. The molecule has 100 valence electrons. The van der Waals surface area contributed by atoms with E-state index in [0.717, 1.165) is 24.1 Å². The Labute approximate surface area is 116 Å². The van der Waals surface area contributed by atoms with E-state index in [9.17, 15) is 4.79 Å². The van der Waals surface area contributed by atoms with Crippen LogP contribution in [0.4, 0.5) is 5.69 Å². The summed E-state index contributed by atoms with van der Waals surface area (Å²) < 4.78 is 3.54. The number of aromatic nitrogens is 2. The summed E-state index contributed by atoms with van der Waals surface area (Å²) in [6.07, 6.45) is 2.24. The minimum atomic E-state index is -0.121. The summed E-state index contributed by atoms with van der Waals surface area (Å²) in [5.41, 5.74) is 8.11. The first-order valence-electron chi connectivity index (χ1n) is 6.38. The number of benzene rings is 1. The molecule has 0 radical (unpaired) electrons. The van der Waals surface area contributed by atoms with Crippen LogP contribution in [0.3, 0.4) is 0 Å². The van der Waals surface area contributed by atoms with Gasteiger partial charge in [-0.3, -0.25) is 9.48 Å². The number of hydrogen-bond donors (Lipinski definition) is 1. The topological polar surface area (TPSA) is 52.9 Å². The van der Waals surface area contributed by atoms with Gasteiger partial charge in [0, 0.05) is 18.0 Å². The van der Waals surface area contributed by atoms with E-state index in [1.54, 1.807) is 4.68 Å². The van der Waals surface area contributed by atoms with E-state index in [0.29, 0.717) is 23.2 Å². The van der Waals surface area contributed by atoms with Gasteiger partial charge < -0.3 is 5.73 Å². The van der Waals surface area contributed by atoms with Crippen molar-refractivity contribution >= 4 is 17.3 Å². The Kier molecular flexibility index (Phi) is 2.90. The molecule has 0 unspecified atom stereocenters. The fourth-order valence-corrected chi connectivity index (χ4v) is 2.69. The van der Waals surface area contributed by atoms with E-state index in [1.165, 1.54) is 0 Å². The van der Waals surface area contributed by atoms with Crippen molar-refractivity contribution in [3.63, 3.8) is 0 Å². The Balaban J connectivity index is 2.04. The fraction of sp³-hybridized carbons (Fsp3) is 0.357. The first-order chi connectivity index (χ1) is 9.09. The van der Waals surface area contributed by atoms with Gasteiger partial charge in [-0.1, -0.05) is 29.8 Å². The highest BCUT2D eigenvalue weighted by molar-refractivity contribution is 6.31. The van der Waals surface area contributed by atoms with Gasteiger partial charge in [-0.25, -0.2) is 4.68 Å². The van der Waals surface area contributed by atoms with Crippen molar-refractivity contribution in [3.8, 4) is 0 Å². The van der Waals surface area contributed by atoms with Crippen LogP contribution in [-0.4, -0.2) is 9.36 Å². The molecule has 1 heterocycles. The molecule has 2 N–H and O–H groups in total. The summed E-state index contributed by atoms with van der Waals surface area (Å²) in [5.74, 6) is 0.449. The quantitative estimate of drug-likeness (QED) is 0.936. The third-order valence-corrected chi connectivity index (χ3v) is 4.06. The highest BCUT2D eigenvalue weighted by Crippen LogP contribution is 2.41. The van der Waals surface area contributed by atoms with Gasteiger partial charge in [-0.05, 0) is 24.5 Å². The zero-order valence-corrected chi connectivity index (χ0v) is 11.5. The molecule has 0 spiro atoms. The van der Waals surface area contributed by atoms with E-state index >= 15 is 0 Å². The SMILES string of the molecule is Cn1c(C2CC2)c(N)c(=O)n1Cc1ccccc1Cl. The molecule has 2 aromatic rings. The van der Waals surface area contributed by atoms with Crippen molar-refractivity contribution in [3.05, 3.63) is 50.9 Å². The molecule has 19 heavy (non-hydrogen) atoms. The van der Waals surface area contributed by atoms with Gasteiger partial charge in [0.2, 0.25) is 0 Å². The number of nitrogen functional groups attached to an aromatic ring is 1. The average molecular weight is 278 g/mol. The molecule has 4 nitrogen and oxygen atoms in total. The lowest BCUT2D eigenvalue weighted by atomic mass is 10.2. The molecule has 1 aromatic carbocycles. The van der Waals surface area contributed by atoms with Crippen LogP contribution in [0.5, 0.6) is 0 Å².